The van der Waals surface area contributed by atoms with Crippen LogP contribution in [-0.4, -0.2) is 26.5 Å². The van der Waals surface area contributed by atoms with Crippen LogP contribution in [0.2, 0.25) is 0 Å². The molecule has 1 aliphatic rings. The zero-order valence-corrected chi connectivity index (χ0v) is 16.8. The molecule has 0 aliphatic heterocycles. The van der Waals surface area contributed by atoms with Crippen LogP contribution in [0, 0.1) is 6.92 Å². The molecule has 0 saturated heterocycles. The third-order valence-corrected chi connectivity index (χ3v) is 6.25. The van der Waals surface area contributed by atoms with Gasteiger partial charge in [0.25, 0.3) is 5.91 Å². The number of rotatable bonds is 5. The van der Waals surface area contributed by atoms with Crippen LogP contribution in [0.3, 0.4) is 0 Å². The first-order valence-corrected chi connectivity index (χ1v) is 10.3. The Labute approximate surface area is 167 Å². The highest BCUT2D eigenvalue weighted by Crippen LogP contribution is 2.33. The minimum Gasteiger partial charge on any atom is -0.298 e. The number of benzene rings is 1. The lowest BCUT2D eigenvalue weighted by molar-refractivity contribution is 0.101. The van der Waals surface area contributed by atoms with Crippen LogP contribution in [0.15, 0.2) is 36.5 Å². The van der Waals surface area contributed by atoms with Gasteiger partial charge in [0.15, 0.2) is 10.9 Å². The summed E-state index contributed by atoms with van der Waals surface area (Å²) in [5.74, 6) is -0.313. The van der Waals surface area contributed by atoms with E-state index >= 15 is 0 Å². The van der Waals surface area contributed by atoms with E-state index in [0.717, 1.165) is 24.1 Å². The molecule has 2 heterocycles. The Hall–Kier alpha value is -2.80. The maximum Gasteiger partial charge on any atom is 0.260 e. The van der Waals surface area contributed by atoms with Gasteiger partial charge in [-0.15, -0.1) is 0 Å². The Morgan fingerprint density at radius 2 is 1.89 bits per heavy atom. The van der Waals surface area contributed by atoms with Gasteiger partial charge in [-0.2, -0.15) is 5.10 Å². The molecule has 0 unspecified atom stereocenters. The van der Waals surface area contributed by atoms with Crippen molar-refractivity contribution in [1.29, 1.82) is 0 Å². The van der Waals surface area contributed by atoms with Gasteiger partial charge < -0.3 is 0 Å². The zero-order valence-electron chi connectivity index (χ0n) is 15.9. The quantitative estimate of drug-likeness (QED) is 0.625. The normalized spacial score (nSPS) is 14.4. The first-order chi connectivity index (χ1) is 13.5. The number of thiazole rings is 1. The molecule has 1 aliphatic carbocycles. The predicted molar refractivity (Wildman–Crippen MR) is 110 cm³/mol. The number of anilines is 1. The number of carbonyl (C=O) groups is 2. The van der Waals surface area contributed by atoms with E-state index in [4.69, 9.17) is 0 Å². The van der Waals surface area contributed by atoms with Crippen LogP contribution in [0.4, 0.5) is 5.13 Å². The highest BCUT2D eigenvalue weighted by atomic mass is 32.1. The first kappa shape index (κ1) is 18.6. The van der Waals surface area contributed by atoms with Crippen LogP contribution in [0.5, 0.6) is 0 Å². The number of hydrogen-bond acceptors (Lipinski definition) is 5. The second-order valence-electron chi connectivity index (χ2n) is 7.10. The Morgan fingerprint density at radius 3 is 2.57 bits per heavy atom. The largest absolute Gasteiger partial charge is 0.298 e. The minimum absolute atomic E-state index is 0.0675. The van der Waals surface area contributed by atoms with Crippen molar-refractivity contribution >= 4 is 28.2 Å². The van der Waals surface area contributed by atoms with E-state index in [9.17, 15) is 9.59 Å². The van der Waals surface area contributed by atoms with Gasteiger partial charge in [0.1, 0.15) is 0 Å². The maximum atomic E-state index is 12.8. The van der Waals surface area contributed by atoms with E-state index in [0.29, 0.717) is 27.3 Å². The average Bonchev–Trinajstić information content (AvgIpc) is 3.41. The molecule has 0 atom stereocenters. The summed E-state index contributed by atoms with van der Waals surface area (Å²) in [7, 11) is 0. The number of carbonyl (C=O) groups excluding carboxylic acids is 2. The molecule has 0 radical (unpaired) electrons. The van der Waals surface area contributed by atoms with Crippen LogP contribution in [-0.2, 0) is 0 Å². The topological polar surface area (TPSA) is 76.9 Å². The Kier molecular flexibility index (Phi) is 5.09. The van der Waals surface area contributed by atoms with Gasteiger partial charge in [-0.25, -0.2) is 4.98 Å². The summed E-state index contributed by atoms with van der Waals surface area (Å²) in [6.45, 7) is 3.44. The molecule has 1 N–H and O–H groups in total. The molecular formula is C21H22N4O2S. The van der Waals surface area contributed by atoms with Gasteiger partial charge in [0.05, 0.1) is 28.4 Å². The van der Waals surface area contributed by atoms with E-state index in [1.54, 1.807) is 6.20 Å². The van der Waals surface area contributed by atoms with E-state index in [1.807, 2.05) is 41.9 Å². The van der Waals surface area contributed by atoms with Gasteiger partial charge in [-0.1, -0.05) is 54.5 Å². The molecule has 28 heavy (non-hydrogen) atoms. The molecule has 4 rings (SSSR count). The fourth-order valence-electron chi connectivity index (χ4n) is 3.73. The number of nitrogens with zero attached hydrogens (tertiary/aromatic N) is 3. The second kappa shape index (κ2) is 7.67. The van der Waals surface area contributed by atoms with E-state index in [2.05, 4.69) is 15.4 Å². The molecule has 1 fully saturated rings. The first-order valence-electron chi connectivity index (χ1n) is 9.47. The van der Waals surface area contributed by atoms with Crippen LogP contribution in [0.25, 0.3) is 11.3 Å². The van der Waals surface area contributed by atoms with Crippen molar-refractivity contribution in [3.05, 3.63) is 52.7 Å². The Morgan fingerprint density at radius 1 is 1.18 bits per heavy atom. The molecule has 0 bridgehead atoms. The molecule has 144 valence electrons. The van der Waals surface area contributed by atoms with Crippen molar-refractivity contribution in [3.8, 4) is 11.3 Å². The molecule has 1 aromatic carbocycles. The zero-order chi connectivity index (χ0) is 19.7. The van der Waals surface area contributed by atoms with Crippen molar-refractivity contribution in [3.63, 3.8) is 0 Å². The Bertz CT molecular complexity index is 1020. The smallest absolute Gasteiger partial charge is 0.260 e. The summed E-state index contributed by atoms with van der Waals surface area (Å²) in [4.78, 5) is 29.9. The van der Waals surface area contributed by atoms with Gasteiger partial charge >= 0.3 is 0 Å². The lowest BCUT2D eigenvalue weighted by Gasteiger charge is -2.12. The predicted octanol–water partition coefficient (Wildman–Crippen LogP) is 4.89. The number of amides is 1. The molecular weight excluding hydrogens is 372 g/mol. The fourth-order valence-corrected chi connectivity index (χ4v) is 4.61. The van der Waals surface area contributed by atoms with Crippen LogP contribution in [0.1, 0.15) is 64.4 Å². The third-order valence-electron chi connectivity index (χ3n) is 5.17. The Balaban J connectivity index is 1.59. The van der Waals surface area contributed by atoms with Gasteiger partial charge in [0.2, 0.25) is 0 Å². The van der Waals surface area contributed by atoms with Crippen LogP contribution < -0.4 is 5.32 Å². The highest BCUT2D eigenvalue weighted by molar-refractivity contribution is 7.18. The maximum absolute atomic E-state index is 12.8. The molecule has 2 aromatic heterocycles. The second-order valence-corrected chi connectivity index (χ2v) is 8.10. The van der Waals surface area contributed by atoms with Crippen molar-refractivity contribution < 1.29 is 9.59 Å². The van der Waals surface area contributed by atoms with E-state index in [1.165, 1.54) is 31.1 Å². The number of hydrogen-bond donors (Lipinski definition) is 1. The fraction of sp³-hybridized carbons (Fsp3) is 0.333. The third kappa shape index (κ3) is 3.49. The lowest BCUT2D eigenvalue weighted by atomic mass is 10.1. The van der Waals surface area contributed by atoms with Crippen LogP contribution >= 0.6 is 11.3 Å². The minimum atomic E-state index is -0.245. The number of ketones is 1. The number of nitrogens with one attached hydrogen (secondary N) is 1. The summed E-state index contributed by atoms with van der Waals surface area (Å²) >= 11 is 1.20. The van der Waals surface area contributed by atoms with Gasteiger partial charge in [-0.05, 0) is 19.8 Å². The average molecular weight is 395 g/mol. The SMILES string of the molecule is CC(=O)c1sc(NC(=O)c2cnn(C3CCCC3)c2C)nc1-c1ccccc1. The highest BCUT2D eigenvalue weighted by Gasteiger charge is 2.24. The lowest BCUT2D eigenvalue weighted by Crippen LogP contribution is -2.14. The molecule has 3 aromatic rings. The monoisotopic (exact) mass is 394 g/mol. The van der Waals surface area contributed by atoms with Gasteiger partial charge in [0, 0.05) is 18.2 Å². The molecule has 0 spiro atoms. The summed E-state index contributed by atoms with van der Waals surface area (Å²) in [5.41, 5.74) is 2.88. The molecule has 7 heteroatoms. The number of Topliss-reactive ketones (excluding diaryl/α,β-unsaturated/α-hetero) is 1. The summed E-state index contributed by atoms with van der Waals surface area (Å²) < 4.78 is 1.97. The molecule has 6 nitrogen and oxygen atoms in total. The molecule has 1 amide bonds. The molecule has 1 saturated carbocycles. The standard InChI is InChI=1S/C21H22N4O2S/c1-13-17(12-22-25(13)16-10-6-7-11-16)20(27)24-21-23-18(19(28-21)14(2)26)15-8-4-3-5-9-15/h3-5,8-9,12,16H,6-7,10-11H2,1-2H3,(H,23,24,27). The van der Waals surface area contributed by atoms with Crippen molar-refractivity contribution in [2.75, 3.05) is 5.32 Å². The summed E-state index contributed by atoms with van der Waals surface area (Å²) in [5, 5.41) is 7.71. The number of aromatic nitrogens is 3. The van der Waals surface area contributed by atoms with Crippen molar-refractivity contribution in [2.45, 2.75) is 45.6 Å². The van der Waals surface area contributed by atoms with E-state index in [-0.39, 0.29) is 11.7 Å². The van der Waals surface area contributed by atoms with Crippen molar-refractivity contribution in [1.82, 2.24) is 14.8 Å². The van der Waals surface area contributed by atoms with E-state index < -0.39 is 0 Å². The van der Waals surface area contributed by atoms with Gasteiger partial charge in [-0.3, -0.25) is 19.6 Å². The van der Waals surface area contributed by atoms with Crippen molar-refractivity contribution in [2.24, 2.45) is 0 Å². The summed E-state index contributed by atoms with van der Waals surface area (Å²) in [6.07, 6.45) is 6.26. The summed E-state index contributed by atoms with van der Waals surface area (Å²) in [6, 6.07) is 9.91.